The fraction of sp³-hybridized carbons (Fsp3) is 0.579. The Morgan fingerprint density at radius 3 is 2.04 bits per heavy atom. The molecule has 0 aromatic heterocycles. The van der Waals surface area contributed by atoms with E-state index < -0.39 is 5.60 Å². The number of carbonyl (C=O) groups is 2. The van der Waals surface area contributed by atoms with Crippen molar-refractivity contribution in [3.8, 4) is 0 Å². The van der Waals surface area contributed by atoms with Crippen LogP contribution in [-0.2, 0) is 10.2 Å². The monoisotopic (exact) mass is 317 g/mol. The van der Waals surface area contributed by atoms with Crippen molar-refractivity contribution in [3.63, 3.8) is 0 Å². The molecule has 1 heterocycles. The first-order valence-corrected chi connectivity index (χ1v) is 8.20. The average Bonchev–Trinajstić information content (AvgIpc) is 2.46. The van der Waals surface area contributed by atoms with Gasteiger partial charge in [0.05, 0.1) is 0 Å². The zero-order chi connectivity index (χ0) is 17.3. The molecule has 1 saturated heterocycles. The van der Waals surface area contributed by atoms with Crippen molar-refractivity contribution in [3.05, 3.63) is 35.4 Å². The molecule has 1 aromatic carbocycles. The molecule has 1 fully saturated rings. The maximum absolute atomic E-state index is 12.1. The van der Waals surface area contributed by atoms with Gasteiger partial charge in [-0.2, -0.15) is 0 Å². The third-order valence-electron chi connectivity index (χ3n) is 4.51. The van der Waals surface area contributed by atoms with Crippen LogP contribution >= 0.6 is 0 Å². The zero-order valence-corrected chi connectivity index (χ0v) is 14.8. The number of nitrogens with zero attached hydrogens (tertiary/aromatic N) is 1. The summed E-state index contributed by atoms with van der Waals surface area (Å²) in [5.41, 5.74) is 1.55. The number of piperidine rings is 1. The van der Waals surface area contributed by atoms with Crippen molar-refractivity contribution in [1.29, 1.82) is 0 Å². The van der Waals surface area contributed by atoms with Crippen LogP contribution in [0.15, 0.2) is 24.3 Å². The fourth-order valence-corrected chi connectivity index (χ4v) is 2.91. The third-order valence-corrected chi connectivity index (χ3v) is 4.51. The van der Waals surface area contributed by atoms with Crippen LogP contribution in [0.1, 0.15) is 63.4 Å². The van der Waals surface area contributed by atoms with Crippen LogP contribution in [-0.4, -0.2) is 35.5 Å². The van der Waals surface area contributed by atoms with Crippen LogP contribution in [0.3, 0.4) is 0 Å². The molecule has 0 unspecified atom stereocenters. The molecule has 0 saturated carbocycles. The number of ether oxygens (including phenoxy) is 1. The Bertz CT molecular complexity index is 576. The van der Waals surface area contributed by atoms with E-state index in [-0.39, 0.29) is 17.3 Å². The lowest BCUT2D eigenvalue weighted by atomic mass is 9.74. The van der Waals surface area contributed by atoms with E-state index in [0.29, 0.717) is 13.1 Å². The van der Waals surface area contributed by atoms with Crippen molar-refractivity contribution >= 4 is 11.9 Å². The minimum atomic E-state index is -0.458. The predicted octanol–water partition coefficient (Wildman–Crippen LogP) is 4.18. The summed E-state index contributed by atoms with van der Waals surface area (Å²) in [6, 6.07) is 7.87. The van der Waals surface area contributed by atoms with Gasteiger partial charge in [-0.25, -0.2) is 4.79 Å². The Balaban J connectivity index is 2.02. The number of amides is 1. The molecule has 1 aliphatic rings. The van der Waals surface area contributed by atoms with Gasteiger partial charge in [0.25, 0.3) is 0 Å². The van der Waals surface area contributed by atoms with Crippen LogP contribution in [0.5, 0.6) is 0 Å². The van der Waals surface area contributed by atoms with Gasteiger partial charge in [0.2, 0.25) is 0 Å². The number of benzene rings is 1. The quantitative estimate of drug-likeness (QED) is 0.769. The van der Waals surface area contributed by atoms with Crippen LogP contribution < -0.4 is 0 Å². The first-order chi connectivity index (χ1) is 10.6. The summed E-state index contributed by atoms with van der Waals surface area (Å²) < 4.78 is 5.44. The Kier molecular flexibility index (Phi) is 4.83. The van der Waals surface area contributed by atoms with Gasteiger partial charge in [0.15, 0.2) is 5.78 Å². The Hall–Kier alpha value is -1.84. The molecule has 4 nitrogen and oxygen atoms in total. The highest BCUT2D eigenvalue weighted by molar-refractivity contribution is 5.94. The minimum Gasteiger partial charge on any atom is -0.444 e. The molecular formula is C19H27NO3. The normalized spacial score (nSPS) is 17.7. The number of rotatable bonds is 2. The number of ketones is 1. The summed E-state index contributed by atoms with van der Waals surface area (Å²) >= 11 is 0. The second-order valence-corrected chi connectivity index (χ2v) is 7.66. The number of carbonyl (C=O) groups excluding carboxylic acids is 2. The van der Waals surface area contributed by atoms with Crippen LogP contribution in [0.4, 0.5) is 4.79 Å². The molecule has 0 radical (unpaired) electrons. The van der Waals surface area contributed by atoms with Gasteiger partial charge in [0.1, 0.15) is 5.60 Å². The zero-order valence-electron chi connectivity index (χ0n) is 14.8. The van der Waals surface area contributed by atoms with E-state index in [0.717, 1.165) is 18.4 Å². The fourth-order valence-electron chi connectivity index (χ4n) is 2.91. The second-order valence-electron chi connectivity index (χ2n) is 7.66. The predicted molar refractivity (Wildman–Crippen MR) is 90.8 cm³/mol. The average molecular weight is 317 g/mol. The maximum Gasteiger partial charge on any atom is 0.410 e. The molecule has 1 amide bonds. The van der Waals surface area contributed by atoms with Gasteiger partial charge in [-0.3, -0.25) is 4.79 Å². The Labute approximate surface area is 138 Å². The van der Waals surface area contributed by atoms with Crippen molar-refractivity contribution in [2.75, 3.05) is 13.1 Å². The van der Waals surface area contributed by atoms with Crippen LogP contribution in [0, 0.1) is 0 Å². The lowest BCUT2D eigenvalue weighted by molar-refractivity contribution is 0.0171. The molecule has 4 heteroatoms. The van der Waals surface area contributed by atoms with E-state index >= 15 is 0 Å². The summed E-state index contributed by atoms with van der Waals surface area (Å²) in [6.45, 7) is 10.8. The molecule has 0 aliphatic carbocycles. The SMILES string of the molecule is CC(=O)c1ccc(C2(C)CCN(C(=O)OC(C)(C)C)CC2)cc1. The third kappa shape index (κ3) is 4.34. The van der Waals surface area contributed by atoms with Crippen molar-refractivity contribution in [2.45, 2.75) is 58.5 Å². The van der Waals surface area contributed by atoms with E-state index in [9.17, 15) is 9.59 Å². The second kappa shape index (κ2) is 6.34. The van der Waals surface area contributed by atoms with Crippen molar-refractivity contribution in [1.82, 2.24) is 4.90 Å². The summed E-state index contributed by atoms with van der Waals surface area (Å²) in [5, 5.41) is 0. The highest BCUT2D eigenvalue weighted by atomic mass is 16.6. The molecule has 1 aliphatic heterocycles. The van der Waals surface area contributed by atoms with Gasteiger partial charge in [-0.1, -0.05) is 31.2 Å². The van der Waals surface area contributed by atoms with E-state index in [1.807, 2.05) is 45.0 Å². The lowest BCUT2D eigenvalue weighted by Gasteiger charge is -2.40. The summed E-state index contributed by atoms with van der Waals surface area (Å²) in [4.78, 5) is 25.3. The number of likely N-dealkylation sites (tertiary alicyclic amines) is 1. The van der Waals surface area contributed by atoms with Gasteiger partial charge < -0.3 is 9.64 Å². The summed E-state index contributed by atoms with van der Waals surface area (Å²) in [5.74, 6) is 0.0847. The molecule has 0 atom stereocenters. The standard InChI is InChI=1S/C19H27NO3/c1-14(21)15-6-8-16(9-7-15)19(5)10-12-20(13-11-19)17(22)23-18(2,3)4/h6-9H,10-13H2,1-5H3. The maximum atomic E-state index is 12.1. The molecule has 0 spiro atoms. The minimum absolute atomic E-state index is 0.0355. The van der Waals surface area contributed by atoms with Gasteiger partial charge >= 0.3 is 6.09 Å². The van der Waals surface area contributed by atoms with Crippen molar-refractivity contribution < 1.29 is 14.3 Å². The highest BCUT2D eigenvalue weighted by Crippen LogP contribution is 2.35. The summed E-state index contributed by atoms with van der Waals surface area (Å²) in [6.07, 6.45) is 1.56. The van der Waals surface area contributed by atoms with Crippen LogP contribution in [0.25, 0.3) is 0 Å². The van der Waals surface area contributed by atoms with Crippen LogP contribution in [0.2, 0.25) is 0 Å². The van der Waals surface area contributed by atoms with Gasteiger partial charge in [-0.15, -0.1) is 0 Å². The lowest BCUT2D eigenvalue weighted by Crippen LogP contribution is -2.45. The molecule has 23 heavy (non-hydrogen) atoms. The molecule has 0 N–H and O–H groups in total. The topological polar surface area (TPSA) is 46.6 Å². The van der Waals surface area contributed by atoms with E-state index in [1.165, 1.54) is 5.56 Å². The van der Waals surface area contributed by atoms with E-state index in [4.69, 9.17) is 4.74 Å². The number of Topliss-reactive ketones (excluding diaryl/α,β-unsaturated/α-hetero) is 1. The Morgan fingerprint density at radius 1 is 1.09 bits per heavy atom. The van der Waals surface area contributed by atoms with Crippen molar-refractivity contribution in [2.24, 2.45) is 0 Å². The van der Waals surface area contributed by atoms with E-state index in [1.54, 1.807) is 11.8 Å². The summed E-state index contributed by atoms with van der Waals surface area (Å²) in [7, 11) is 0. The van der Waals surface area contributed by atoms with E-state index in [2.05, 4.69) is 6.92 Å². The molecule has 1 aromatic rings. The van der Waals surface area contributed by atoms with Gasteiger partial charge in [-0.05, 0) is 51.5 Å². The molecule has 2 rings (SSSR count). The smallest absolute Gasteiger partial charge is 0.410 e. The molecule has 126 valence electrons. The largest absolute Gasteiger partial charge is 0.444 e. The Morgan fingerprint density at radius 2 is 1.61 bits per heavy atom. The highest BCUT2D eigenvalue weighted by Gasteiger charge is 2.34. The first-order valence-electron chi connectivity index (χ1n) is 8.20. The van der Waals surface area contributed by atoms with Gasteiger partial charge in [0, 0.05) is 18.7 Å². The number of hydrogen-bond acceptors (Lipinski definition) is 3. The molecule has 0 bridgehead atoms. The first kappa shape index (κ1) is 17.5. The number of hydrogen-bond donors (Lipinski definition) is 0. The molecular weight excluding hydrogens is 290 g/mol.